The summed E-state index contributed by atoms with van der Waals surface area (Å²) in [4.78, 5) is 15.8. The molecule has 1 amide bonds. The van der Waals surface area contributed by atoms with Gasteiger partial charge < -0.3 is 14.5 Å². The Morgan fingerprint density at radius 2 is 1.71 bits per heavy atom. The lowest BCUT2D eigenvalue weighted by atomic mass is 10.1. The zero-order valence-electron chi connectivity index (χ0n) is 14.4. The highest BCUT2D eigenvalue weighted by molar-refractivity contribution is 5.94. The second kappa shape index (κ2) is 6.30. The molecule has 128 valence electrons. The van der Waals surface area contributed by atoms with E-state index in [4.69, 9.17) is 4.74 Å². The highest BCUT2D eigenvalue weighted by Gasteiger charge is 2.27. The standard InChI is InChI=1S/C19H23FN2O2/c1-19(2,3)24-18(23)22-12-10-21(11-13-22)17-15-7-5-4-6-14(15)8-9-16(17)20/h4-9H,10-13H2,1-3H3. The van der Waals surface area contributed by atoms with Crippen molar-refractivity contribution in [1.82, 2.24) is 4.90 Å². The van der Waals surface area contributed by atoms with Gasteiger partial charge in [0.15, 0.2) is 0 Å². The number of carbonyl (C=O) groups excluding carboxylic acids is 1. The fraction of sp³-hybridized carbons (Fsp3) is 0.421. The van der Waals surface area contributed by atoms with Gasteiger partial charge in [0.2, 0.25) is 0 Å². The largest absolute Gasteiger partial charge is 0.444 e. The molecule has 0 bridgehead atoms. The second-order valence-electron chi connectivity index (χ2n) is 7.07. The molecule has 1 heterocycles. The van der Waals surface area contributed by atoms with E-state index in [2.05, 4.69) is 0 Å². The number of hydrogen-bond acceptors (Lipinski definition) is 3. The molecule has 0 aliphatic carbocycles. The fourth-order valence-electron chi connectivity index (χ4n) is 2.99. The van der Waals surface area contributed by atoms with E-state index in [0.717, 1.165) is 10.8 Å². The first-order valence-electron chi connectivity index (χ1n) is 8.25. The monoisotopic (exact) mass is 330 g/mol. The van der Waals surface area contributed by atoms with Crippen LogP contribution in [0.3, 0.4) is 0 Å². The van der Waals surface area contributed by atoms with Gasteiger partial charge in [-0.05, 0) is 32.2 Å². The first kappa shape index (κ1) is 16.6. The van der Waals surface area contributed by atoms with Crippen molar-refractivity contribution >= 4 is 22.6 Å². The Morgan fingerprint density at radius 3 is 2.38 bits per heavy atom. The molecule has 1 fully saturated rings. The minimum absolute atomic E-state index is 0.223. The lowest BCUT2D eigenvalue weighted by Gasteiger charge is -2.37. The minimum atomic E-state index is -0.504. The predicted molar refractivity (Wildman–Crippen MR) is 93.9 cm³/mol. The van der Waals surface area contributed by atoms with Gasteiger partial charge in [0.05, 0.1) is 5.69 Å². The van der Waals surface area contributed by atoms with Crippen molar-refractivity contribution in [3.63, 3.8) is 0 Å². The van der Waals surface area contributed by atoms with Gasteiger partial charge in [0.1, 0.15) is 11.4 Å². The normalized spacial score (nSPS) is 15.7. The molecule has 0 spiro atoms. The number of fused-ring (bicyclic) bond motifs is 1. The lowest BCUT2D eigenvalue weighted by Crippen LogP contribution is -2.50. The molecule has 4 nitrogen and oxygen atoms in total. The summed E-state index contributed by atoms with van der Waals surface area (Å²) >= 11 is 0. The second-order valence-corrected chi connectivity index (χ2v) is 7.07. The van der Waals surface area contributed by atoms with Crippen LogP contribution in [0.1, 0.15) is 20.8 Å². The summed E-state index contributed by atoms with van der Waals surface area (Å²) < 4.78 is 19.8. The van der Waals surface area contributed by atoms with Gasteiger partial charge in [-0.2, -0.15) is 0 Å². The SMILES string of the molecule is CC(C)(C)OC(=O)N1CCN(c2c(F)ccc3ccccc23)CC1. The number of amides is 1. The van der Waals surface area contributed by atoms with E-state index in [-0.39, 0.29) is 11.9 Å². The van der Waals surface area contributed by atoms with Gasteiger partial charge in [-0.25, -0.2) is 9.18 Å². The Labute approximate surface area is 141 Å². The van der Waals surface area contributed by atoms with Crippen LogP contribution < -0.4 is 4.90 Å². The first-order valence-corrected chi connectivity index (χ1v) is 8.25. The van der Waals surface area contributed by atoms with Crippen molar-refractivity contribution < 1.29 is 13.9 Å². The minimum Gasteiger partial charge on any atom is -0.444 e. The molecule has 2 aromatic carbocycles. The van der Waals surface area contributed by atoms with Crippen LogP contribution in [0.5, 0.6) is 0 Å². The van der Waals surface area contributed by atoms with Crippen LogP contribution in [0.15, 0.2) is 36.4 Å². The highest BCUT2D eigenvalue weighted by Crippen LogP contribution is 2.30. The van der Waals surface area contributed by atoms with Crippen molar-refractivity contribution in [2.75, 3.05) is 31.1 Å². The Morgan fingerprint density at radius 1 is 1.04 bits per heavy atom. The summed E-state index contributed by atoms with van der Waals surface area (Å²) in [6.45, 7) is 7.79. The van der Waals surface area contributed by atoms with E-state index >= 15 is 0 Å². The molecule has 0 N–H and O–H groups in total. The van der Waals surface area contributed by atoms with Crippen LogP contribution in [0.4, 0.5) is 14.9 Å². The Balaban J connectivity index is 1.76. The van der Waals surface area contributed by atoms with E-state index in [1.54, 1.807) is 11.0 Å². The smallest absolute Gasteiger partial charge is 0.410 e. The Kier molecular flexibility index (Phi) is 4.35. The maximum atomic E-state index is 14.4. The Hall–Kier alpha value is -2.30. The van der Waals surface area contributed by atoms with Crippen LogP contribution in [0.25, 0.3) is 10.8 Å². The van der Waals surface area contributed by atoms with Crippen molar-refractivity contribution in [2.24, 2.45) is 0 Å². The molecule has 0 aromatic heterocycles. The maximum absolute atomic E-state index is 14.4. The van der Waals surface area contributed by atoms with Gasteiger partial charge in [-0.3, -0.25) is 0 Å². The highest BCUT2D eigenvalue weighted by atomic mass is 19.1. The summed E-state index contributed by atoms with van der Waals surface area (Å²) in [7, 11) is 0. The molecule has 1 saturated heterocycles. The van der Waals surface area contributed by atoms with Crippen LogP contribution in [0, 0.1) is 5.82 Å². The van der Waals surface area contributed by atoms with Gasteiger partial charge in [0.25, 0.3) is 0 Å². The van der Waals surface area contributed by atoms with Crippen LogP contribution >= 0.6 is 0 Å². The fourth-order valence-corrected chi connectivity index (χ4v) is 2.99. The zero-order valence-corrected chi connectivity index (χ0v) is 14.4. The molecule has 5 heteroatoms. The molecule has 24 heavy (non-hydrogen) atoms. The average Bonchev–Trinajstić information content (AvgIpc) is 2.53. The molecule has 3 rings (SSSR count). The van der Waals surface area contributed by atoms with E-state index in [0.29, 0.717) is 31.9 Å². The molecule has 0 saturated carbocycles. The number of rotatable bonds is 1. The zero-order chi connectivity index (χ0) is 17.3. The first-order chi connectivity index (χ1) is 11.3. The van der Waals surface area contributed by atoms with E-state index in [9.17, 15) is 9.18 Å². The molecule has 0 radical (unpaired) electrons. The summed E-state index contributed by atoms with van der Waals surface area (Å²) in [5, 5.41) is 1.92. The van der Waals surface area contributed by atoms with Crippen LogP contribution in [-0.2, 0) is 4.74 Å². The summed E-state index contributed by atoms with van der Waals surface area (Å²) in [5.41, 5.74) is 0.118. The Bertz CT molecular complexity index is 747. The third-order valence-corrected chi connectivity index (χ3v) is 4.10. The molecular formula is C19H23FN2O2. The molecule has 1 aliphatic rings. The third kappa shape index (κ3) is 3.45. The summed E-state index contributed by atoms with van der Waals surface area (Å²) in [5.74, 6) is -0.223. The van der Waals surface area contributed by atoms with Crippen molar-refractivity contribution in [3.8, 4) is 0 Å². The number of ether oxygens (including phenoxy) is 1. The molecule has 2 aromatic rings. The number of piperazine rings is 1. The third-order valence-electron chi connectivity index (χ3n) is 4.10. The van der Waals surface area contributed by atoms with Crippen molar-refractivity contribution in [2.45, 2.75) is 26.4 Å². The molecular weight excluding hydrogens is 307 g/mol. The van der Waals surface area contributed by atoms with Gasteiger partial charge in [-0.1, -0.05) is 30.3 Å². The summed E-state index contributed by atoms with van der Waals surface area (Å²) in [6, 6.07) is 11.1. The number of anilines is 1. The quantitative estimate of drug-likeness (QED) is 0.791. The number of halogens is 1. The summed E-state index contributed by atoms with van der Waals surface area (Å²) in [6.07, 6.45) is -0.305. The van der Waals surface area contributed by atoms with E-state index in [1.165, 1.54) is 6.07 Å². The maximum Gasteiger partial charge on any atom is 0.410 e. The van der Waals surface area contributed by atoms with E-state index in [1.807, 2.05) is 49.9 Å². The van der Waals surface area contributed by atoms with Crippen molar-refractivity contribution in [1.29, 1.82) is 0 Å². The van der Waals surface area contributed by atoms with Gasteiger partial charge in [0, 0.05) is 31.6 Å². The van der Waals surface area contributed by atoms with Gasteiger partial charge >= 0.3 is 6.09 Å². The molecule has 1 aliphatic heterocycles. The number of carbonyl (C=O) groups is 1. The van der Waals surface area contributed by atoms with Crippen LogP contribution in [0.2, 0.25) is 0 Å². The van der Waals surface area contributed by atoms with Crippen LogP contribution in [-0.4, -0.2) is 42.8 Å². The molecule has 0 unspecified atom stereocenters. The topological polar surface area (TPSA) is 32.8 Å². The number of hydrogen-bond donors (Lipinski definition) is 0. The number of benzene rings is 2. The number of nitrogens with zero attached hydrogens (tertiary/aromatic N) is 2. The van der Waals surface area contributed by atoms with Gasteiger partial charge in [-0.15, -0.1) is 0 Å². The average molecular weight is 330 g/mol. The van der Waals surface area contributed by atoms with E-state index < -0.39 is 5.60 Å². The predicted octanol–water partition coefficient (Wildman–Crippen LogP) is 4.04. The van der Waals surface area contributed by atoms with Crippen molar-refractivity contribution in [3.05, 3.63) is 42.2 Å². The lowest BCUT2D eigenvalue weighted by molar-refractivity contribution is 0.0240. The molecule has 0 atom stereocenters.